The van der Waals surface area contributed by atoms with Crippen LogP contribution in [0, 0.1) is 0 Å². The van der Waals surface area contributed by atoms with Gasteiger partial charge >= 0.3 is 0 Å². The maximum absolute atomic E-state index is 6.26. The molecule has 0 atom stereocenters. The van der Waals surface area contributed by atoms with Crippen molar-refractivity contribution in [3.05, 3.63) is 47.0 Å². The zero-order valence-corrected chi connectivity index (χ0v) is 12.7. The summed E-state index contributed by atoms with van der Waals surface area (Å²) in [5.41, 5.74) is 0.997. The number of rotatable bonds is 7. The first kappa shape index (κ1) is 14.9. The third-order valence-corrected chi connectivity index (χ3v) is 3.44. The van der Waals surface area contributed by atoms with Gasteiger partial charge in [-0.25, -0.2) is 4.98 Å². The summed E-state index contributed by atoms with van der Waals surface area (Å²) in [6, 6.07) is 5.73. The molecule has 1 N–H and O–H groups in total. The lowest BCUT2D eigenvalue weighted by atomic mass is 10.2. The summed E-state index contributed by atoms with van der Waals surface area (Å²) in [6.07, 6.45) is 4.76. The van der Waals surface area contributed by atoms with Gasteiger partial charge in [0.15, 0.2) is 0 Å². The van der Waals surface area contributed by atoms with Gasteiger partial charge in [0.2, 0.25) is 0 Å². The van der Waals surface area contributed by atoms with Gasteiger partial charge in [-0.2, -0.15) is 0 Å². The third-order valence-electron chi connectivity index (χ3n) is 3.08. The zero-order chi connectivity index (χ0) is 14.4. The molecule has 5 heteroatoms. The van der Waals surface area contributed by atoms with Crippen LogP contribution in [0.25, 0.3) is 0 Å². The van der Waals surface area contributed by atoms with Gasteiger partial charge in [-0.3, -0.25) is 0 Å². The molecule has 0 bridgehead atoms. The highest BCUT2D eigenvalue weighted by molar-refractivity contribution is 6.31. The van der Waals surface area contributed by atoms with Crippen molar-refractivity contribution in [2.24, 2.45) is 7.05 Å². The van der Waals surface area contributed by atoms with E-state index in [1.165, 1.54) is 0 Å². The predicted octanol–water partition coefficient (Wildman–Crippen LogP) is 3.15. The number of benzene rings is 1. The van der Waals surface area contributed by atoms with Crippen molar-refractivity contribution in [1.82, 2.24) is 14.9 Å². The lowest BCUT2D eigenvalue weighted by Crippen LogP contribution is -2.15. The van der Waals surface area contributed by atoms with E-state index in [0.29, 0.717) is 13.2 Å². The molecule has 0 aliphatic heterocycles. The lowest BCUT2D eigenvalue weighted by molar-refractivity contribution is 0.288. The number of nitrogens with zero attached hydrogens (tertiary/aromatic N) is 2. The van der Waals surface area contributed by atoms with Crippen molar-refractivity contribution >= 4 is 11.6 Å². The number of nitrogens with one attached hydrogen (secondary N) is 1. The fourth-order valence-corrected chi connectivity index (χ4v) is 2.15. The molecule has 0 radical (unpaired) electrons. The first-order chi connectivity index (χ1) is 9.72. The molecule has 0 saturated carbocycles. The molecule has 0 saturated heterocycles. The molecule has 1 aromatic heterocycles. The standard InChI is InChI=1S/C15H20ClN3O/c1-3-7-17-10-12-13(16)5-4-6-14(12)20-11-15-18-8-9-19(15)2/h4-6,8-9,17H,3,7,10-11H2,1-2H3. The van der Waals surface area contributed by atoms with Crippen LogP contribution >= 0.6 is 11.6 Å². The molecule has 108 valence electrons. The monoisotopic (exact) mass is 293 g/mol. The quantitative estimate of drug-likeness (QED) is 0.797. The lowest BCUT2D eigenvalue weighted by Gasteiger charge is -2.13. The van der Waals surface area contributed by atoms with Gasteiger partial charge in [0.25, 0.3) is 0 Å². The number of ether oxygens (including phenoxy) is 1. The predicted molar refractivity (Wildman–Crippen MR) is 81.0 cm³/mol. The first-order valence-electron chi connectivity index (χ1n) is 6.79. The average Bonchev–Trinajstić information content (AvgIpc) is 2.84. The Morgan fingerprint density at radius 1 is 1.40 bits per heavy atom. The van der Waals surface area contributed by atoms with Crippen molar-refractivity contribution in [2.45, 2.75) is 26.5 Å². The van der Waals surface area contributed by atoms with Crippen LogP contribution in [0.5, 0.6) is 5.75 Å². The minimum atomic E-state index is 0.435. The van der Waals surface area contributed by atoms with E-state index in [9.17, 15) is 0 Å². The summed E-state index contributed by atoms with van der Waals surface area (Å²) < 4.78 is 7.81. The van der Waals surface area contributed by atoms with E-state index >= 15 is 0 Å². The molecule has 0 spiro atoms. The summed E-state index contributed by atoms with van der Waals surface area (Å²) in [7, 11) is 1.95. The summed E-state index contributed by atoms with van der Waals surface area (Å²) in [5, 5.41) is 4.08. The Bertz CT molecular complexity index is 554. The minimum Gasteiger partial charge on any atom is -0.485 e. The SMILES string of the molecule is CCCNCc1c(Cl)cccc1OCc1nccn1C. The van der Waals surface area contributed by atoms with Crippen LogP contribution in [-0.4, -0.2) is 16.1 Å². The Kier molecular flexibility index (Phi) is 5.44. The molecule has 0 fully saturated rings. The topological polar surface area (TPSA) is 39.1 Å². The van der Waals surface area contributed by atoms with E-state index in [1.807, 2.05) is 36.0 Å². The smallest absolute Gasteiger partial charge is 0.146 e. The Labute approximate surface area is 124 Å². The number of hydrogen-bond acceptors (Lipinski definition) is 3. The largest absolute Gasteiger partial charge is 0.485 e. The van der Waals surface area contributed by atoms with Crippen molar-refractivity contribution in [1.29, 1.82) is 0 Å². The first-order valence-corrected chi connectivity index (χ1v) is 7.17. The van der Waals surface area contributed by atoms with E-state index in [0.717, 1.165) is 35.1 Å². The fraction of sp³-hybridized carbons (Fsp3) is 0.400. The minimum absolute atomic E-state index is 0.435. The van der Waals surface area contributed by atoms with Crippen LogP contribution in [0.15, 0.2) is 30.6 Å². The van der Waals surface area contributed by atoms with Crippen LogP contribution < -0.4 is 10.1 Å². The van der Waals surface area contributed by atoms with Crippen molar-refractivity contribution in [3.63, 3.8) is 0 Å². The average molecular weight is 294 g/mol. The Morgan fingerprint density at radius 3 is 2.95 bits per heavy atom. The molecule has 0 amide bonds. The second-order valence-corrected chi connectivity index (χ2v) is 5.04. The van der Waals surface area contributed by atoms with E-state index in [2.05, 4.69) is 17.2 Å². The summed E-state index contributed by atoms with van der Waals surface area (Å²) in [4.78, 5) is 4.25. The highest BCUT2D eigenvalue weighted by atomic mass is 35.5. The number of aryl methyl sites for hydroxylation is 1. The van der Waals surface area contributed by atoms with Crippen molar-refractivity contribution in [2.75, 3.05) is 6.54 Å². The van der Waals surface area contributed by atoms with Crippen LogP contribution in [-0.2, 0) is 20.2 Å². The Balaban J connectivity index is 2.06. The molecule has 0 aliphatic carbocycles. The van der Waals surface area contributed by atoms with Gasteiger partial charge in [-0.1, -0.05) is 24.6 Å². The van der Waals surface area contributed by atoms with Gasteiger partial charge in [0.1, 0.15) is 18.2 Å². The van der Waals surface area contributed by atoms with Crippen molar-refractivity contribution in [3.8, 4) is 5.75 Å². The van der Waals surface area contributed by atoms with Gasteiger partial charge < -0.3 is 14.6 Å². The fourth-order valence-electron chi connectivity index (χ4n) is 1.91. The highest BCUT2D eigenvalue weighted by Crippen LogP contribution is 2.26. The molecular weight excluding hydrogens is 274 g/mol. The van der Waals surface area contributed by atoms with E-state index in [-0.39, 0.29) is 0 Å². The maximum Gasteiger partial charge on any atom is 0.146 e. The normalized spacial score (nSPS) is 10.8. The van der Waals surface area contributed by atoms with E-state index < -0.39 is 0 Å². The Morgan fingerprint density at radius 2 is 2.25 bits per heavy atom. The summed E-state index contributed by atoms with van der Waals surface area (Å²) >= 11 is 6.26. The van der Waals surface area contributed by atoms with Gasteiger partial charge in [-0.15, -0.1) is 0 Å². The Hall–Kier alpha value is -1.52. The van der Waals surface area contributed by atoms with Crippen LogP contribution in [0.4, 0.5) is 0 Å². The summed E-state index contributed by atoms with van der Waals surface area (Å²) in [6.45, 7) is 4.25. The van der Waals surface area contributed by atoms with Gasteiger partial charge in [0.05, 0.1) is 0 Å². The molecule has 20 heavy (non-hydrogen) atoms. The highest BCUT2D eigenvalue weighted by Gasteiger charge is 2.09. The molecule has 2 rings (SSSR count). The molecule has 0 aliphatic rings. The maximum atomic E-state index is 6.26. The molecule has 1 heterocycles. The second kappa shape index (κ2) is 7.31. The molecular formula is C15H20ClN3O. The third kappa shape index (κ3) is 3.74. The number of imidazole rings is 1. The number of halogens is 1. The van der Waals surface area contributed by atoms with Gasteiger partial charge in [0, 0.05) is 36.6 Å². The zero-order valence-electron chi connectivity index (χ0n) is 11.9. The molecule has 2 aromatic rings. The number of hydrogen-bond donors (Lipinski definition) is 1. The summed E-state index contributed by atoms with van der Waals surface area (Å²) in [5.74, 6) is 1.70. The van der Waals surface area contributed by atoms with Crippen LogP contribution in [0.1, 0.15) is 24.7 Å². The molecule has 4 nitrogen and oxygen atoms in total. The van der Waals surface area contributed by atoms with Gasteiger partial charge in [-0.05, 0) is 25.1 Å². The van der Waals surface area contributed by atoms with Crippen molar-refractivity contribution < 1.29 is 4.74 Å². The molecule has 1 aromatic carbocycles. The van der Waals surface area contributed by atoms with Crippen LogP contribution in [0.2, 0.25) is 5.02 Å². The number of aromatic nitrogens is 2. The second-order valence-electron chi connectivity index (χ2n) is 4.64. The molecule has 0 unspecified atom stereocenters. The van der Waals surface area contributed by atoms with E-state index in [4.69, 9.17) is 16.3 Å². The van der Waals surface area contributed by atoms with Crippen LogP contribution in [0.3, 0.4) is 0 Å². The van der Waals surface area contributed by atoms with E-state index in [1.54, 1.807) is 6.20 Å².